The third-order valence-electron chi connectivity index (χ3n) is 3.39. The zero-order chi connectivity index (χ0) is 8.70. The van der Waals surface area contributed by atoms with Crippen molar-refractivity contribution in [2.45, 2.75) is 52.6 Å². The van der Waals surface area contributed by atoms with E-state index in [0.717, 1.165) is 19.3 Å². The van der Waals surface area contributed by atoms with Crippen molar-refractivity contribution in [2.75, 3.05) is 0 Å². The van der Waals surface area contributed by atoms with E-state index in [2.05, 4.69) is 20.8 Å². The SMILES string of the molecule is C[C@H]1C[C@](C)(O)CCC1(C)C. The van der Waals surface area contributed by atoms with Crippen LogP contribution in [0.25, 0.3) is 0 Å². The van der Waals surface area contributed by atoms with Gasteiger partial charge in [0.1, 0.15) is 0 Å². The smallest absolute Gasteiger partial charge is 0.0622 e. The summed E-state index contributed by atoms with van der Waals surface area (Å²) >= 11 is 0. The van der Waals surface area contributed by atoms with Crippen LogP contribution in [0.3, 0.4) is 0 Å². The molecule has 0 heterocycles. The Hall–Kier alpha value is -0.0400. The lowest BCUT2D eigenvalue weighted by molar-refractivity contribution is -0.0399. The van der Waals surface area contributed by atoms with Gasteiger partial charge in [-0.3, -0.25) is 0 Å². The molecule has 0 aromatic rings. The standard InChI is InChI=1S/C10H20O/c1-8-7-10(4,11)6-5-9(8,2)3/h8,11H,5-7H2,1-4H3/t8-,10+/m0/s1. The van der Waals surface area contributed by atoms with Crippen LogP contribution in [0.1, 0.15) is 47.0 Å². The Morgan fingerprint density at radius 3 is 2.09 bits per heavy atom. The summed E-state index contributed by atoms with van der Waals surface area (Å²) in [5.41, 5.74) is 0.0389. The van der Waals surface area contributed by atoms with E-state index in [9.17, 15) is 5.11 Å². The van der Waals surface area contributed by atoms with Gasteiger partial charge in [0.2, 0.25) is 0 Å². The first-order valence-electron chi connectivity index (χ1n) is 4.56. The highest BCUT2D eigenvalue weighted by atomic mass is 16.3. The zero-order valence-corrected chi connectivity index (χ0v) is 8.15. The van der Waals surface area contributed by atoms with Gasteiger partial charge < -0.3 is 5.11 Å². The number of aliphatic hydroxyl groups is 1. The highest BCUT2D eigenvalue weighted by Gasteiger charge is 2.38. The average molecular weight is 156 g/mol. The van der Waals surface area contributed by atoms with Crippen LogP contribution in [-0.4, -0.2) is 10.7 Å². The molecule has 2 atom stereocenters. The van der Waals surface area contributed by atoms with E-state index in [-0.39, 0.29) is 0 Å². The maximum Gasteiger partial charge on any atom is 0.0622 e. The fourth-order valence-corrected chi connectivity index (χ4v) is 1.88. The highest BCUT2D eigenvalue weighted by molar-refractivity contribution is 4.89. The van der Waals surface area contributed by atoms with Crippen LogP contribution in [0.4, 0.5) is 0 Å². The van der Waals surface area contributed by atoms with Crippen molar-refractivity contribution in [3.05, 3.63) is 0 Å². The zero-order valence-electron chi connectivity index (χ0n) is 8.15. The maximum absolute atomic E-state index is 9.78. The molecule has 1 nitrogen and oxygen atoms in total. The Morgan fingerprint density at radius 1 is 1.18 bits per heavy atom. The van der Waals surface area contributed by atoms with Crippen molar-refractivity contribution in [2.24, 2.45) is 11.3 Å². The van der Waals surface area contributed by atoms with E-state index in [1.165, 1.54) is 0 Å². The fraction of sp³-hybridized carbons (Fsp3) is 1.00. The first kappa shape index (κ1) is 9.05. The number of hydrogen-bond acceptors (Lipinski definition) is 1. The number of hydrogen-bond donors (Lipinski definition) is 1. The maximum atomic E-state index is 9.78. The van der Waals surface area contributed by atoms with Crippen LogP contribution in [0.2, 0.25) is 0 Å². The molecular formula is C10H20O. The van der Waals surface area contributed by atoms with Crippen molar-refractivity contribution in [3.8, 4) is 0 Å². The van der Waals surface area contributed by atoms with E-state index in [1.54, 1.807) is 0 Å². The van der Waals surface area contributed by atoms with Gasteiger partial charge in [-0.25, -0.2) is 0 Å². The summed E-state index contributed by atoms with van der Waals surface area (Å²) in [6.07, 6.45) is 3.07. The quantitative estimate of drug-likeness (QED) is 0.571. The lowest BCUT2D eigenvalue weighted by atomic mass is 9.65. The van der Waals surface area contributed by atoms with Crippen LogP contribution >= 0.6 is 0 Å². The van der Waals surface area contributed by atoms with Crippen molar-refractivity contribution < 1.29 is 5.11 Å². The van der Waals surface area contributed by atoms with Gasteiger partial charge >= 0.3 is 0 Å². The Balaban J connectivity index is 2.63. The minimum atomic E-state index is -0.394. The van der Waals surface area contributed by atoms with E-state index in [1.807, 2.05) is 6.92 Å². The predicted molar refractivity (Wildman–Crippen MR) is 47.4 cm³/mol. The van der Waals surface area contributed by atoms with Crippen molar-refractivity contribution in [3.63, 3.8) is 0 Å². The third-order valence-corrected chi connectivity index (χ3v) is 3.39. The van der Waals surface area contributed by atoms with E-state index >= 15 is 0 Å². The van der Waals surface area contributed by atoms with Gasteiger partial charge in [0.15, 0.2) is 0 Å². The molecule has 1 heteroatoms. The van der Waals surface area contributed by atoms with Crippen molar-refractivity contribution in [1.29, 1.82) is 0 Å². The monoisotopic (exact) mass is 156 g/mol. The molecule has 0 radical (unpaired) electrons. The molecule has 1 aliphatic carbocycles. The highest BCUT2D eigenvalue weighted by Crippen LogP contribution is 2.44. The lowest BCUT2D eigenvalue weighted by Gasteiger charge is -2.43. The van der Waals surface area contributed by atoms with Crippen LogP contribution in [0.15, 0.2) is 0 Å². The molecule has 0 saturated heterocycles. The van der Waals surface area contributed by atoms with Gasteiger partial charge in [0.25, 0.3) is 0 Å². The second-order valence-electron chi connectivity index (χ2n) is 5.09. The average Bonchev–Trinajstić information content (AvgIpc) is 1.81. The summed E-state index contributed by atoms with van der Waals surface area (Å²) in [5.74, 6) is 0.645. The molecule has 0 aromatic carbocycles. The predicted octanol–water partition coefficient (Wildman–Crippen LogP) is 2.58. The van der Waals surface area contributed by atoms with Gasteiger partial charge in [0.05, 0.1) is 5.60 Å². The third kappa shape index (κ3) is 1.96. The van der Waals surface area contributed by atoms with E-state index in [4.69, 9.17) is 0 Å². The summed E-state index contributed by atoms with van der Waals surface area (Å²) in [7, 11) is 0. The molecule has 11 heavy (non-hydrogen) atoms. The normalized spacial score (nSPS) is 43.9. The molecule has 0 spiro atoms. The molecular weight excluding hydrogens is 136 g/mol. The van der Waals surface area contributed by atoms with Gasteiger partial charge in [-0.15, -0.1) is 0 Å². The van der Waals surface area contributed by atoms with Gasteiger partial charge in [-0.05, 0) is 37.5 Å². The minimum absolute atomic E-state index is 0.394. The summed E-state index contributed by atoms with van der Waals surface area (Å²) in [6, 6.07) is 0. The number of rotatable bonds is 0. The second-order valence-corrected chi connectivity index (χ2v) is 5.09. The summed E-state index contributed by atoms with van der Waals surface area (Å²) in [5, 5.41) is 9.78. The Bertz CT molecular complexity index is 147. The van der Waals surface area contributed by atoms with Crippen LogP contribution in [-0.2, 0) is 0 Å². The van der Waals surface area contributed by atoms with Gasteiger partial charge in [-0.1, -0.05) is 20.8 Å². The molecule has 0 bridgehead atoms. The van der Waals surface area contributed by atoms with Crippen LogP contribution < -0.4 is 0 Å². The van der Waals surface area contributed by atoms with E-state index < -0.39 is 5.60 Å². The molecule has 0 aromatic heterocycles. The fourth-order valence-electron chi connectivity index (χ4n) is 1.88. The Kier molecular flexibility index (Phi) is 2.04. The largest absolute Gasteiger partial charge is 0.390 e. The minimum Gasteiger partial charge on any atom is -0.390 e. The van der Waals surface area contributed by atoms with Gasteiger partial charge in [0, 0.05) is 0 Å². The Labute approximate surface area is 69.8 Å². The first-order valence-corrected chi connectivity index (χ1v) is 4.56. The molecule has 0 amide bonds. The molecule has 1 fully saturated rings. The summed E-state index contributed by atoms with van der Waals surface area (Å²) < 4.78 is 0. The molecule has 0 aliphatic heterocycles. The van der Waals surface area contributed by atoms with Crippen molar-refractivity contribution >= 4 is 0 Å². The molecule has 1 aliphatic rings. The van der Waals surface area contributed by atoms with Crippen LogP contribution in [0, 0.1) is 11.3 Å². The van der Waals surface area contributed by atoms with Crippen LogP contribution in [0.5, 0.6) is 0 Å². The second kappa shape index (κ2) is 2.48. The molecule has 66 valence electrons. The molecule has 1 saturated carbocycles. The molecule has 1 rings (SSSR count). The molecule has 1 N–H and O–H groups in total. The topological polar surface area (TPSA) is 20.2 Å². The lowest BCUT2D eigenvalue weighted by Crippen LogP contribution is -2.39. The Morgan fingerprint density at radius 2 is 1.73 bits per heavy atom. The summed E-state index contributed by atoms with van der Waals surface area (Å²) in [6.45, 7) is 8.80. The van der Waals surface area contributed by atoms with E-state index in [0.29, 0.717) is 11.3 Å². The van der Waals surface area contributed by atoms with Gasteiger partial charge in [-0.2, -0.15) is 0 Å². The summed E-state index contributed by atoms with van der Waals surface area (Å²) in [4.78, 5) is 0. The first-order chi connectivity index (χ1) is 4.83. The van der Waals surface area contributed by atoms with Crippen molar-refractivity contribution in [1.82, 2.24) is 0 Å². The molecule has 0 unspecified atom stereocenters.